The van der Waals surface area contributed by atoms with Crippen molar-refractivity contribution in [3.05, 3.63) is 90.0 Å². The number of para-hydroxylation sites is 2. The predicted molar refractivity (Wildman–Crippen MR) is 144 cm³/mol. The predicted octanol–water partition coefficient (Wildman–Crippen LogP) is 6.23. The van der Waals surface area contributed by atoms with E-state index < -0.39 is 0 Å². The smallest absolute Gasteiger partial charge is 0.143 e. The van der Waals surface area contributed by atoms with Crippen molar-refractivity contribution in [2.45, 2.75) is 39.2 Å². The molecule has 4 rings (SSSR count). The number of rotatable bonds is 12. The van der Waals surface area contributed by atoms with Gasteiger partial charge in [-0.25, -0.2) is 0 Å². The van der Waals surface area contributed by atoms with Crippen LogP contribution in [0.25, 0.3) is 0 Å². The number of hydrogen-bond donors (Lipinski definition) is 1. The van der Waals surface area contributed by atoms with E-state index in [1.54, 1.807) is 0 Å². The molecule has 3 aromatic carbocycles. The second-order valence-electron chi connectivity index (χ2n) is 9.15. The van der Waals surface area contributed by atoms with Crippen LogP contribution in [-0.2, 0) is 13.0 Å². The van der Waals surface area contributed by atoms with Gasteiger partial charge in [0.15, 0.2) is 0 Å². The van der Waals surface area contributed by atoms with Crippen LogP contribution < -0.4 is 15.0 Å². The molecule has 3 aromatic rings. The first-order valence-electron chi connectivity index (χ1n) is 12.9. The monoisotopic (exact) mass is 457 g/mol. The molecule has 0 saturated carbocycles. The van der Waals surface area contributed by atoms with E-state index in [1.165, 1.54) is 54.7 Å². The van der Waals surface area contributed by atoms with Crippen molar-refractivity contribution in [2.75, 3.05) is 49.5 Å². The molecule has 180 valence electrons. The fourth-order valence-electron chi connectivity index (χ4n) is 4.56. The van der Waals surface area contributed by atoms with E-state index in [4.69, 9.17) is 4.74 Å². The van der Waals surface area contributed by atoms with Crippen molar-refractivity contribution >= 4 is 11.4 Å². The number of anilines is 2. The molecule has 34 heavy (non-hydrogen) atoms. The molecule has 1 saturated heterocycles. The molecule has 0 spiro atoms. The van der Waals surface area contributed by atoms with E-state index in [2.05, 4.69) is 94.8 Å². The van der Waals surface area contributed by atoms with Crippen molar-refractivity contribution in [1.29, 1.82) is 0 Å². The molecule has 4 nitrogen and oxygen atoms in total. The highest BCUT2D eigenvalue weighted by atomic mass is 16.5. The number of hydrogen-bond acceptors (Lipinski definition) is 4. The Morgan fingerprint density at radius 1 is 0.765 bits per heavy atom. The maximum absolute atomic E-state index is 6.19. The minimum Gasteiger partial charge on any atom is -0.487 e. The SMILES string of the molecule is CCCc1ccc(NCCCCN2CCN(c3ccccc3OCc3ccccc3)CC2)cc1. The minimum atomic E-state index is 0.606. The summed E-state index contributed by atoms with van der Waals surface area (Å²) in [6, 6.07) is 27.8. The summed E-state index contributed by atoms with van der Waals surface area (Å²) in [5, 5.41) is 3.57. The first kappa shape index (κ1) is 24.2. The molecule has 0 unspecified atom stereocenters. The zero-order valence-electron chi connectivity index (χ0n) is 20.6. The van der Waals surface area contributed by atoms with Gasteiger partial charge in [-0.05, 0) is 61.2 Å². The standard InChI is InChI=1S/C30H39N3O/c1-2-10-26-15-17-28(18-16-26)31-19-8-9-20-32-21-23-33(24-22-32)29-13-6-7-14-30(29)34-25-27-11-4-3-5-12-27/h3-7,11-18,31H,2,8-10,19-25H2,1H3. The molecule has 1 aliphatic heterocycles. The van der Waals surface area contributed by atoms with Crippen molar-refractivity contribution in [3.63, 3.8) is 0 Å². The summed E-state index contributed by atoms with van der Waals surface area (Å²) in [6.07, 6.45) is 4.81. The molecule has 0 amide bonds. The molecule has 0 radical (unpaired) electrons. The Morgan fingerprint density at radius 2 is 1.50 bits per heavy atom. The number of piperazine rings is 1. The summed E-state index contributed by atoms with van der Waals surface area (Å²) in [5.74, 6) is 0.980. The van der Waals surface area contributed by atoms with Gasteiger partial charge >= 0.3 is 0 Å². The summed E-state index contributed by atoms with van der Waals surface area (Å²) < 4.78 is 6.19. The van der Waals surface area contributed by atoms with Crippen LogP contribution in [-0.4, -0.2) is 44.2 Å². The van der Waals surface area contributed by atoms with Crippen molar-refractivity contribution in [2.24, 2.45) is 0 Å². The minimum absolute atomic E-state index is 0.606. The van der Waals surface area contributed by atoms with Crippen LogP contribution >= 0.6 is 0 Å². The van der Waals surface area contributed by atoms with E-state index in [0.717, 1.165) is 38.5 Å². The first-order valence-corrected chi connectivity index (χ1v) is 12.9. The lowest BCUT2D eigenvalue weighted by Gasteiger charge is -2.36. The molecule has 1 N–H and O–H groups in total. The van der Waals surface area contributed by atoms with E-state index in [9.17, 15) is 0 Å². The molecule has 4 heteroatoms. The van der Waals surface area contributed by atoms with Gasteiger partial charge in [0.05, 0.1) is 5.69 Å². The number of aryl methyl sites for hydroxylation is 1. The Labute approximate surface area is 205 Å². The number of unbranched alkanes of at least 4 members (excludes halogenated alkanes) is 1. The Morgan fingerprint density at radius 3 is 2.26 bits per heavy atom. The van der Waals surface area contributed by atoms with Crippen molar-refractivity contribution in [3.8, 4) is 5.75 Å². The highest BCUT2D eigenvalue weighted by Crippen LogP contribution is 2.29. The Hall–Kier alpha value is -2.98. The Bertz CT molecular complexity index is 966. The van der Waals surface area contributed by atoms with Crippen LogP contribution in [0.5, 0.6) is 5.75 Å². The van der Waals surface area contributed by atoms with E-state index >= 15 is 0 Å². The molecule has 1 heterocycles. The largest absolute Gasteiger partial charge is 0.487 e. The van der Waals surface area contributed by atoms with Crippen LogP contribution in [0.3, 0.4) is 0 Å². The maximum atomic E-state index is 6.19. The third-order valence-electron chi connectivity index (χ3n) is 6.54. The van der Waals surface area contributed by atoms with Gasteiger partial charge in [0, 0.05) is 38.4 Å². The first-order chi connectivity index (χ1) is 16.8. The van der Waals surface area contributed by atoms with Gasteiger partial charge < -0.3 is 15.0 Å². The molecule has 0 aliphatic carbocycles. The zero-order valence-corrected chi connectivity index (χ0v) is 20.6. The number of nitrogens with one attached hydrogen (secondary N) is 1. The molecule has 1 aliphatic rings. The average molecular weight is 458 g/mol. The Balaban J connectivity index is 1.15. The van der Waals surface area contributed by atoms with Gasteiger partial charge in [-0.1, -0.05) is 67.9 Å². The van der Waals surface area contributed by atoms with E-state index in [1.807, 2.05) is 6.07 Å². The quantitative estimate of drug-likeness (QED) is 0.326. The number of nitrogens with zero attached hydrogens (tertiary/aromatic N) is 2. The lowest BCUT2D eigenvalue weighted by molar-refractivity contribution is 0.251. The third kappa shape index (κ3) is 7.26. The molecule has 0 bridgehead atoms. The molecular weight excluding hydrogens is 418 g/mol. The zero-order chi connectivity index (χ0) is 23.4. The summed E-state index contributed by atoms with van der Waals surface area (Å²) in [7, 11) is 0. The number of benzene rings is 3. The van der Waals surface area contributed by atoms with Gasteiger partial charge in [-0.15, -0.1) is 0 Å². The van der Waals surface area contributed by atoms with Gasteiger partial charge in [0.2, 0.25) is 0 Å². The second kappa shape index (κ2) is 13.0. The fraction of sp³-hybridized carbons (Fsp3) is 0.400. The van der Waals surface area contributed by atoms with Crippen LogP contribution in [0.1, 0.15) is 37.3 Å². The number of ether oxygens (including phenoxy) is 1. The van der Waals surface area contributed by atoms with Crippen LogP contribution in [0, 0.1) is 0 Å². The highest BCUT2D eigenvalue weighted by molar-refractivity contribution is 5.58. The maximum Gasteiger partial charge on any atom is 0.143 e. The summed E-state index contributed by atoms with van der Waals surface area (Å²) in [4.78, 5) is 5.07. The normalized spacial score (nSPS) is 14.2. The molecular formula is C30H39N3O. The van der Waals surface area contributed by atoms with Crippen LogP contribution in [0.2, 0.25) is 0 Å². The van der Waals surface area contributed by atoms with Gasteiger partial charge in [0.1, 0.15) is 12.4 Å². The fourth-order valence-corrected chi connectivity index (χ4v) is 4.56. The van der Waals surface area contributed by atoms with Crippen LogP contribution in [0.4, 0.5) is 11.4 Å². The van der Waals surface area contributed by atoms with Gasteiger partial charge in [-0.3, -0.25) is 4.90 Å². The van der Waals surface area contributed by atoms with Crippen LogP contribution in [0.15, 0.2) is 78.9 Å². The Kier molecular flexibility index (Phi) is 9.27. The van der Waals surface area contributed by atoms with Crippen molar-refractivity contribution in [1.82, 2.24) is 4.90 Å². The molecule has 0 aromatic heterocycles. The van der Waals surface area contributed by atoms with Crippen molar-refractivity contribution < 1.29 is 4.74 Å². The summed E-state index contributed by atoms with van der Waals surface area (Å²) >= 11 is 0. The van der Waals surface area contributed by atoms with Gasteiger partial charge in [0.25, 0.3) is 0 Å². The third-order valence-corrected chi connectivity index (χ3v) is 6.54. The highest BCUT2D eigenvalue weighted by Gasteiger charge is 2.19. The van der Waals surface area contributed by atoms with E-state index in [0.29, 0.717) is 6.61 Å². The lowest BCUT2D eigenvalue weighted by Crippen LogP contribution is -2.46. The summed E-state index contributed by atoms with van der Waals surface area (Å²) in [5.41, 5.74) is 5.08. The molecule has 1 fully saturated rings. The summed E-state index contributed by atoms with van der Waals surface area (Å²) in [6.45, 7) is 9.37. The average Bonchev–Trinajstić information content (AvgIpc) is 2.90. The lowest BCUT2D eigenvalue weighted by atomic mass is 10.1. The molecule has 0 atom stereocenters. The van der Waals surface area contributed by atoms with Gasteiger partial charge in [-0.2, -0.15) is 0 Å². The second-order valence-corrected chi connectivity index (χ2v) is 9.15. The topological polar surface area (TPSA) is 27.7 Å². The van der Waals surface area contributed by atoms with E-state index in [-0.39, 0.29) is 0 Å².